The maximum atomic E-state index is 13.8. The first-order valence-electron chi connectivity index (χ1n) is 12.1. The van der Waals surface area contributed by atoms with Gasteiger partial charge in [-0.1, -0.05) is 31.4 Å². The monoisotopic (exact) mass is 500 g/mol. The molecule has 2 aliphatic rings. The number of likely N-dealkylation sites (tertiary alicyclic amines) is 1. The van der Waals surface area contributed by atoms with E-state index in [1.807, 2.05) is 0 Å². The van der Waals surface area contributed by atoms with E-state index in [4.69, 9.17) is 4.74 Å². The average Bonchev–Trinajstić information content (AvgIpc) is 2.72. The summed E-state index contributed by atoms with van der Waals surface area (Å²) >= 11 is 0. The van der Waals surface area contributed by atoms with Gasteiger partial charge in [-0.15, -0.1) is 13.2 Å². The summed E-state index contributed by atoms with van der Waals surface area (Å²) in [5, 5.41) is 14.3. The fourth-order valence-corrected chi connectivity index (χ4v) is 4.98. The van der Waals surface area contributed by atoms with Crippen LogP contribution in [0.3, 0.4) is 0 Å². The molecule has 0 aromatic heterocycles. The van der Waals surface area contributed by atoms with E-state index in [9.17, 15) is 27.9 Å². The third-order valence-electron chi connectivity index (χ3n) is 6.38. The first kappa shape index (κ1) is 27.1. The summed E-state index contributed by atoms with van der Waals surface area (Å²) in [5.74, 6) is -1.84. The second-order valence-electron chi connectivity index (χ2n) is 10.5. The molecule has 1 aromatic rings. The van der Waals surface area contributed by atoms with Crippen LogP contribution in [0.4, 0.5) is 18.0 Å². The Kier molecular flexibility index (Phi) is 8.24. The zero-order valence-electron chi connectivity index (χ0n) is 20.5. The number of halogens is 3. The van der Waals surface area contributed by atoms with Gasteiger partial charge in [0, 0.05) is 19.1 Å². The van der Waals surface area contributed by atoms with Crippen LogP contribution in [0.15, 0.2) is 24.3 Å². The molecule has 10 heteroatoms. The Morgan fingerprint density at radius 3 is 2.46 bits per heavy atom. The fraction of sp³-hybridized carbons (Fsp3) is 0.680. The molecule has 35 heavy (non-hydrogen) atoms. The zero-order chi connectivity index (χ0) is 25.9. The van der Waals surface area contributed by atoms with Gasteiger partial charge in [-0.25, -0.2) is 4.79 Å². The van der Waals surface area contributed by atoms with E-state index in [0.29, 0.717) is 32.2 Å². The van der Waals surface area contributed by atoms with E-state index in [-0.39, 0.29) is 24.1 Å². The van der Waals surface area contributed by atoms with E-state index in [2.05, 4.69) is 10.1 Å². The van der Waals surface area contributed by atoms with Gasteiger partial charge in [-0.2, -0.15) is 0 Å². The molecule has 0 spiro atoms. The number of alkyl carbamates (subject to hydrolysis) is 1. The van der Waals surface area contributed by atoms with E-state index in [1.165, 1.54) is 18.2 Å². The molecule has 2 fully saturated rings. The van der Waals surface area contributed by atoms with Gasteiger partial charge in [0.25, 0.3) is 0 Å². The van der Waals surface area contributed by atoms with Crippen LogP contribution in [0.2, 0.25) is 0 Å². The highest BCUT2D eigenvalue weighted by molar-refractivity contribution is 5.85. The SMILES string of the molecule is CC(C)(C)OC(=O)N[C@H]1CCCN(C(=O)[C@@H](c2cccc(OC(F)(F)F)c2)C2(O)CCCCC2)C1. The molecule has 196 valence electrons. The lowest BCUT2D eigenvalue weighted by Gasteiger charge is -2.42. The third-order valence-corrected chi connectivity index (χ3v) is 6.38. The quantitative estimate of drug-likeness (QED) is 0.602. The largest absolute Gasteiger partial charge is 0.573 e. The Balaban J connectivity index is 1.83. The van der Waals surface area contributed by atoms with Crippen LogP contribution in [0.25, 0.3) is 0 Å². The Bertz CT molecular complexity index is 894. The second-order valence-corrected chi connectivity index (χ2v) is 10.5. The van der Waals surface area contributed by atoms with Gasteiger partial charge >= 0.3 is 12.5 Å². The van der Waals surface area contributed by atoms with E-state index in [0.717, 1.165) is 19.3 Å². The standard InChI is InChI=1S/C25H35F3N2O5/c1-23(2,3)35-22(32)29-18-10-8-14-30(16-18)21(31)20(24(33)12-5-4-6-13-24)17-9-7-11-19(15-17)34-25(26,27)28/h7,9,11,15,18,20,33H,4-6,8,10,12-14,16H2,1-3H3,(H,29,32)/t18-,20+/m0/s1. The van der Waals surface area contributed by atoms with Crippen molar-refractivity contribution in [3.05, 3.63) is 29.8 Å². The minimum absolute atomic E-state index is 0.226. The maximum absolute atomic E-state index is 13.8. The number of amides is 2. The Hall–Kier alpha value is -2.49. The first-order valence-corrected chi connectivity index (χ1v) is 12.1. The average molecular weight is 501 g/mol. The molecule has 1 heterocycles. The van der Waals surface area contributed by atoms with Crippen molar-refractivity contribution in [2.45, 2.75) is 95.2 Å². The van der Waals surface area contributed by atoms with Crippen LogP contribution >= 0.6 is 0 Å². The predicted molar refractivity (Wildman–Crippen MR) is 123 cm³/mol. The number of aliphatic hydroxyl groups is 1. The van der Waals surface area contributed by atoms with Crippen LogP contribution in [0.5, 0.6) is 5.75 Å². The molecule has 0 radical (unpaired) electrons. The van der Waals surface area contributed by atoms with Crippen molar-refractivity contribution >= 4 is 12.0 Å². The topological polar surface area (TPSA) is 88.1 Å². The molecule has 1 aromatic carbocycles. The number of ether oxygens (including phenoxy) is 2. The summed E-state index contributed by atoms with van der Waals surface area (Å²) in [4.78, 5) is 27.6. The summed E-state index contributed by atoms with van der Waals surface area (Å²) in [6, 6.07) is 4.97. The maximum Gasteiger partial charge on any atom is 0.573 e. The van der Waals surface area contributed by atoms with Crippen molar-refractivity contribution in [2.75, 3.05) is 13.1 Å². The van der Waals surface area contributed by atoms with Crippen LogP contribution in [0, 0.1) is 0 Å². The molecule has 3 rings (SSSR count). The molecule has 0 bridgehead atoms. The lowest BCUT2D eigenvalue weighted by atomic mass is 9.72. The molecule has 1 saturated heterocycles. The van der Waals surface area contributed by atoms with Crippen molar-refractivity contribution in [3.8, 4) is 5.75 Å². The van der Waals surface area contributed by atoms with Crippen LogP contribution in [-0.2, 0) is 9.53 Å². The molecule has 2 atom stereocenters. The zero-order valence-corrected chi connectivity index (χ0v) is 20.5. The van der Waals surface area contributed by atoms with Crippen molar-refractivity contribution in [3.63, 3.8) is 0 Å². The lowest BCUT2D eigenvalue weighted by Crippen LogP contribution is -2.54. The number of rotatable bonds is 5. The van der Waals surface area contributed by atoms with Gasteiger partial charge in [0.1, 0.15) is 11.4 Å². The smallest absolute Gasteiger partial charge is 0.444 e. The van der Waals surface area contributed by atoms with Crippen molar-refractivity contribution in [1.29, 1.82) is 0 Å². The van der Waals surface area contributed by atoms with Gasteiger partial charge < -0.3 is 24.8 Å². The molecule has 2 N–H and O–H groups in total. The number of alkyl halides is 3. The van der Waals surface area contributed by atoms with Gasteiger partial charge in [-0.3, -0.25) is 4.79 Å². The number of piperidine rings is 1. The number of nitrogens with one attached hydrogen (secondary N) is 1. The van der Waals surface area contributed by atoms with Crippen LogP contribution in [0.1, 0.15) is 77.2 Å². The minimum atomic E-state index is -4.87. The highest BCUT2D eigenvalue weighted by Gasteiger charge is 2.45. The van der Waals surface area contributed by atoms with Crippen molar-refractivity contribution < 1.29 is 37.3 Å². The summed E-state index contributed by atoms with van der Waals surface area (Å²) in [7, 11) is 0. The number of hydrogen-bond donors (Lipinski definition) is 2. The molecule has 2 amide bonds. The van der Waals surface area contributed by atoms with Crippen molar-refractivity contribution in [2.24, 2.45) is 0 Å². The summed E-state index contributed by atoms with van der Waals surface area (Å²) in [6.07, 6.45) is -1.02. The summed E-state index contributed by atoms with van der Waals surface area (Å²) in [5.41, 5.74) is -1.76. The van der Waals surface area contributed by atoms with E-state index >= 15 is 0 Å². The number of benzene rings is 1. The van der Waals surface area contributed by atoms with Gasteiger partial charge in [-0.05, 0) is 64.2 Å². The van der Waals surface area contributed by atoms with Gasteiger partial charge in [0.15, 0.2) is 0 Å². The number of carbonyl (C=O) groups is 2. The Labute approximate surface area is 204 Å². The predicted octanol–water partition coefficient (Wildman–Crippen LogP) is 4.88. The summed E-state index contributed by atoms with van der Waals surface area (Å²) in [6.45, 7) is 5.93. The van der Waals surface area contributed by atoms with Crippen molar-refractivity contribution in [1.82, 2.24) is 10.2 Å². The highest BCUT2D eigenvalue weighted by atomic mass is 19.4. The Morgan fingerprint density at radius 1 is 1.14 bits per heavy atom. The summed E-state index contributed by atoms with van der Waals surface area (Å²) < 4.78 is 47.8. The fourth-order valence-electron chi connectivity index (χ4n) is 4.98. The van der Waals surface area contributed by atoms with Crippen LogP contribution < -0.4 is 10.1 Å². The highest BCUT2D eigenvalue weighted by Crippen LogP contribution is 2.42. The molecule has 0 unspecified atom stereocenters. The molecule has 7 nitrogen and oxygen atoms in total. The number of hydrogen-bond acceptors (Lipinski definition) is 5. The molecule has 1 saturated carbocycles. The molecule has 1 aliphatic heterocycles. The van der Waals surface area contributed by atoms with Gasteiger partial charge in [0.05, 0.1) is 11.5 Å². The molecular weight excluding hydrogens is 465 g/mol. The van der Waals surface area contributed by atoms with Gasteiger partial charge in [0.2, 0.25) is 5.91 Å². The number of nitrogens with zero attached hydrogens (tertiary/aromatic N) is 1. The first-order chi connectivity index (χ1) is 16.3. The van der Waals surface area contributed by atoms with E-state index < -0.39 is 35.3 Å². The second kappa shape index (κ2) is 10.6. The number of carbonyl (C=O) groups excluding carboxylic acids is 2. The third kappa shape index (κ3) is 7.75. The van der Waals surface area contributed by atoms with Crippen LogP contribution in [-0.4, -0.2) is 58.7 Å². The Morgan fingerprint density at radius 2 is 1.83 bits per heavy atom. The molecular formula is C25H35F3N2O5. The van der Waals surface area contributed by atoms with E-state index in [1.54, 1.807) is 31.7 Å². The normalized spacial score (nSPS) is 21.7. The minimum Gasteiger partial charge on any atom is -0.444 e. The molecule has 1 aliphatic carbocycles. The lowest BCUT2D eigenvalue weighted by molar-refractivity contribution is -0.274.